The molecule has 1 saturated carbocycles. The average molecular weight is 323 g/mol. The summed E-state index contributed by atoms with van der Waals surface area (Å²) in [6.45, 7) is 6.99. The Labute approximate surface area is 142 Å². The molecule has 126 valence electrons. The van der Waals surface area contributed by atoms with Gasteiger partial charge in [-0.1, -0.05) is 18.2 Å². The fraction of sp³-hybridized carbons (Fsp3) is 0.500. The predicted molar refractivity (Wildman–Crippen MR) is 95.0 cm³/mol. The molecule has 4 nitrogen and oxygen atoms in total. The topological polar surface area (TPSA) is 49.0 Å². The van der Waals surface area contributed by atoms with Crippen molar-refractivity contribution in [3.8, 4) is 0 Å². The molecule has 1 aliphatic heterocycles. The van der Waals surface area contributed by atoms with E-state index in [2.05, 4.69) is 41.9 Å². The molecule has 2 aromatic rings. The third kappa shape index (κ3) is 3.16. The van der Waals surface area contributed by atoms with E-state index in [0.717, 1.165) is 55.5 Å². The van der Waals surface area contributed by atoms with Gasteiger partial charge in [0, 0.05) is 31.6 Å². The summed E-state index contributed by atoms with van der Waals surface area (Å²) < 4.78 is 0. The fourth-order valence-electron chi connectivity index (χ4n) is 3.60. The van der Waals surface area contributed by atoms with Crippen LogP contribution in [0.25, 0.3) is 0 Å². The van der Waals surface area contributed by atoms with Crippen molar-refractivity contribution in [3.05, 3.63) is 62.3 Å². The normalized spacial score (nSPS) is 17.8. The van der Waals surface area contributed by atoms with E-state index < -0.39 is 0 Å². The molecule has 0 amide bonds. The van der Waals surface area contributed by atoms with E-state index in [1.165, 1.54) is 29.5 Å². The summed E-state index contributed by atoms with van der Waals surface area (Å²) in [5.41, 5.74) is 6.06. The number of nitrogens with one attached hydrogen (secondary N) is 1. The van der Waals surface area contributed by atoms with Gasteiger partial charge in [-0.15, -0.1) is 0 Å². The van der Waals surface area contributed by atoms with E-state index in [1.54, 1.807) is 0 Å². The maximum atomic E-state index is 12.3. The van der Waals surface area contributed by atoms with Crippen molar-refractivity contribution in [2.24, 2.45) is 5.92 Å². The van der Waals surface area contributed by atoms with Crippen LogP contribution in [-0.2, 0) is 25.9 Å². The second-order valence-corrected chi connectivity index (χ2v) is 7.41. The van der Waals surface area contributed by atoms with E-state index in [4.69, 9.17) is 4.98 Å². The van der Waals surface area contributed by atoms with E-state index in [1.807, 2.05) is 0 Å². The van der Waals surface area contributed by atoms with Crippen LogP contribution in [0.5, 0.6) is 0 Å². The van der Waals surface area contributed by atoms with E-state index in [9.17, 15) is 4.79 Å². The van der Waals surface area contributed by atoms with Gasteiger partial charge in [0.25, 0.3) is 5.56 Å². The van der Waals surface area contributed by atoms with E-state index in [0.29, 0.717) is 0 Å². The largest absolute Gasteiger partial charge is 0.310 e. The van der Waals surface area contributed by atoms with Crippen molar-refractivity contribution in [1.29, 1.82) is 0 Å². The number of H-pyrrole nitrogens is 1. The van der Waals surface area contributed by atoms with Gasteiger partial charge in [-0.2, -0.15) is 0 Å². The van der Waals surface area contributed by atoms with Crippen LogP contribution in [0.2, 0.25) is 0 Å². The Kier molecular flexibility index (Phi) is 4.01. The Morgan fingerprint density at radius 1 is 1.29 bits per heavy atom. The van der Waals surface area contributed by atoms with E-state index >= 15 is 0 Å². The van der Waals surface area contributed by atoms with Crippen molar-refractivity contribution in [2.45, 2.75) is 52.6 Å². The lowest BCUT2D eigenvalue weighted by Gasteiger charge is -2.28. The van der Waals surface area contributed by atoms with Crippen molar-refractivity contribution in [2.75, 3.05) is 6.54 Å². The number of hydrogen-bond acceptors (Lipinski definition) is 3. The first-order valence-electron chi connectivity index (χ1n) is 8.98. The number of benzene rings is 1. The molecule has 24 heavy (non-hydrogen) atoms. The van der Waals surface area contributed by atoms with Gasteiger partial charge in [-0.25, -0.2) is 4.98 Å². The molecule has 1 aromatic heterocycles. The molecule has 2 aliphatic rings. The Hall–Kier alpha value is -1.94. The highest BCUT2D eigenvalue weighted by Crippen LogP contribution is 2.31. The first-order chi connectivity index (χ1) is 11.6. The van der Waals surface area contributed by atoms with Gasteiger partial charge < -0.3 is 4.98 Å². The Morgan fingerprint density at radius 2 is 2.12 bits per heavy atom. The summed E-state index contributed by atoms with van der Waals surface area (Å²) in [5.74, 6) is 1.62. The summed E-state index contributed by atoms with van der Waals surface area (Å²) in [5, 5.41) is 0. The van der Waals surface area contributed by atoms with E-state index in [-0.39, 0.29) is 5.56 Å². The monoisotopic (exact) mass is 323 g/mol. The molecule has 4 heteroatoms. The van der Waals surface area contributed by atoms with Gasteiger partial charge in [0.1, 0.15) is 5.82 Å². The number of aryl methyl sites for hydroxylation is 1. The van der Waals surface area contributed by atoms with Gasteiger partial charge in [0.05, 0.1) is 5.69 Å². The average Bonchev–Trinajstić information content (AvgIpc) is 3.35. The second kappa shape index (κ2) is 6.17. The lowest BCUT2D eigenvalue weighted by molar-refractivity contribution is 0.239. The molecule has 0 bridgehead atoms. The second-order valence-electron chi connectivity index (χ2n) is 7.41. The molecule has 0 saturated heterocycles. The summed E-state index contributed by atoms with van der Waals surface area (Å²) >= 11 is 0. The fourth-order valence-corrected chi connectivity index (χ4v) is 3.60. The highest BCUT2D eigenvalue weighted by molar-refractivity contribution is 5.33. The van der Waals surface area contributed by atoms with Crippen LogP contribution in [0.15, 0.2) is 23.0 Å². The SMILES string of the molecule is Cc1cccc(CN2CCc3c(nc(CC4CC4)[nH]c3=O)C2)c1C. The number of aromatic amines is 1. The molecule has 4 rings (SSSR count). The summed E-state index contributed by atoms with van der Waals surface area (Å²) in [6, 6.07) is 6.50. The first-order valence-corrected chi connectivity index (χ1v) is 8.98. The zero-order valence-corrected chi connectivity index (χ0v) is 14.6. The van der Waals surface area contributed by atoms with Crippen molar-refractivity contribution in [1.82, 2.24) is 14.9 Å². The lowest BCUT2D eigenvalue weighted by Crippen LogP contribution is -2.35. The molecule has 1 N–H and O–H groups in total. The highest BCUT2D eigenvalue weighted by Gasteiger charge is 2.25. The van der Waals surface area contributed by atoms with Crippen molar-refractivity contribution >= 4 is 0 Å². The first kappa shape index (κ1) is 15.6. The summed E-state index contributed by atoms with van der Waals surface area (Å²) in [7, 11) is 0. The third-order valence-corrected chi connectivity index (χ3v) is 5.49. The van der Waals surface area contributed by atoms with Gasteiger partial charge in [0.15, 0.2) is 0 Å². The number of hydrogen-bond donors (Lipinski definition) is 1. The zero-order valence-electron chi connectivity index (χ0n) is 14.6. The van der Waals surface area contributed by atoms with Gasteiger partial charge in [-0.3, -0.25) is 9.69 Å². The minimum absolute atomic E-state index is 0.0852. The molecule has 1 aromatic carbocycles. The Morgan fingerprint density at radius 3 is 2.92 bits per heavy atom. The maximum absolute atomic E-state index is 12.3. The van der Waals surface area contributed by atoms with Crippen LogP contribution >= 0.6 is 0 Å². The summed E-state index contributed by atoms with van der Waals surface area (Å²) in [4.78, 5) is 22.5. The highest BCUT2D eigenvalue weighted by atomic mass is 16.1. The van der Waals surface area contributed by atoms with Crippen LogP contribution in [0.4, 0.5) is 0 Å². The number of fused-ring (bicyclic) bond motifs is 1. The number of rotatable bonds is 4. The standard InChI is InChI=1S/C20H25N3O/c1-13-4-3-5-16(14(13)2)11-23-9-8-17-18(12-23)21-19(22-20(17)24)10-15-6-7-15/h3-5,15H,6-12H2,1-2H3,(H,21,22,24). The molecule has 0 spiro atoms. The minimum Gasteiger partial charge on any atom is -0.310 e. The van der Waals surface area contributed by atoms with Gasteiger partial charge >= 0.3 is 0 Å². The maximum Gasteiger partial charge on any atom is 0.254 e. The Bertz CT molecular complexity index is 820. The molecule has 0 radical (unpaired) electrons. The predicted octanol–water partition coefficient (Wildman–Crippen LogP) is 2.90. The number of aromatic nitrogens is 2. The van der Waals surface area contributed by atoms with Crippen molar-refractivity contribution < 1.29 is 0 Å². The van der Waals surface area contributed by atoms with Gasteiger partial charge in [0.2, 0.25) is 0 Å². The molecule has 2 heterocycles. The molecule has 0 atom stereocenters. The Balaban J connectivity index is 1.55. The van der Waals surface area contributed by atoms with Crippen LogP contribution in [0.1, 0.15) is 46.6 Å². The summed E-state index contributed by atoms with van der Waals surface area (Å²) in [6.07, 6.45) is 4.28. The molecule has 0 unspecified atom stereocenters. The smallest absolute Gasteiger partial charge is 0.254 e. The molecule has 1 fully saturated rings. The molecular weight excluding hydrogens is 298 g/mol. The molecular formula is C20H25N3O. The lowest BCUT2D eigenvalue weighted by atomic mass is 10.0. The quantitative estimate of drug-likeness (QED) is 0.941. The van der Waals surface area contributed by atoms with Crippen LogP contribution in [0, 0.1) is 19.8 Å². The molecule has 1 aliphatic carbocycles. The zero-order chi connectivity index (χ0) is 16.7. The van der Waals surface area contributed by atoms with Gasteiger partial charge in [-0.05, 0) is 55.7 Å². The minimum atomic E-state index is 0.0852. The number of nitrogens with zero attached hydrogens (tertiary/aromatic N) is 2. The van der Waals surface area contributed by atoms with Crippen molar-refractivity contribution in [3.63, 3.8) is 0 Å². The third-order valence-electron chi connectivity index (χ3n) is 5.49. The van der Waals surface area contributed by atoms with Crippen LogP contribution in [-0.4, -0.2) is 21.4 Å². The van der Waals surface area contributed by atoms with Crippen LogP contribution in [0.3, 0.4) is 0 Å². The van der Waals surface area contributed by atoms with Crippen LogP contribution < -0.4 is 5.56 Å².